The summed E-state index contributed by atoms with van der Waals surface area (Å²) < 4.78 is 5.51. The quantitative estimate of drug-likeness (QED) is 0.318. The molecule has 7 heteroatoms. The number of amides is 1. The number of halogens is 3. The highest BCUT2D eigenvalue weighted by atomic mass is 35.5. The van der Waals surface area contributed by atoms with Crippen molar-refractivity contribution < 1.29 is 9.53 Å². The smallest absolute Gasteiger partial charge is 0.266 e. The number of nitrogens with one attached hydrogen (secondary N) is 1. The van der Waals surface area contributed by atoms with Crippen LogP contribution in [0.5, 0.6) is 5.75 Å². The van der Waals surface area contributed by atoms with Crippen LogP contribution in [0.25, 0.3) is 6.08 Å². The van der Waals surface area contributed by atoms with Gasteiger partial charge in [0.15, 0.2) is 0 Å². The Morgan fingerprint density at radius 2 is 1.77 bits per heavy atom. The lowest BCUT2D eigenvalue weighted by molar-refractivity contribution is -0.112. The van der Waals surface area contributed by atoms with E-state index in [9.17, 15) is 10.1 Å². The van der Waals surface area contributed by atoms with Crippen LogP contribution in [0.15, 0.2) is 66.2 Å². The number of methoxy groups -OCH3 is 1. The van der Waals surface area contributed by atoms with Gasteiger partial charge in [0.25, 0.3) is 5.91 Å². The molecule has 0 fully saturated rings. The number of ether oxygens (including phenoxy) is 1. The summed E-state index contributed by atoms with van der Waals surface area (Å²) in [6.07, 6.45) is 1.94. The zero-order valence-electron chi connectivity index (χ0n) is 16.5. The average molecular weight is 472 g/mol. The molecule has 1 amide bonds. The lowest BCUT2D eigenvalue weighted by Gasteiger charge is -2.13. The van der Waals surface area contributed by atoms with Gasteiger partial charge in [-0.15, -0.1) is 0 Å². The first-order valence-electron chi connectivity index (χ1n) is 9.19. The van der Waals surface area contributed by atoms with E-state index in [1.165, 1.54) is 13.2 Å². The van der Waals surface area contributed by atoms with Crippen molar-refractivity contribution in [3.05, 3.63) is 98.0 Å². The number of nitrogens with zero attached hydrogens (tertiary/aromatic N) is 1. The van der Waals surface area contributed by atoms with Gasteiger partial charge in [-0.1, -0.05) is 53.0 Å². The monoisotopic (exact) mass is 470 g/mol. The van der Waals surface area contributed by atoms with Crippen molar-refractivity contribution in [2.75, 3.05) is 12.4 Å². The lowest BCUT2D eigenvalue weighted by Crippen LogP contribution is -2.13. The number of benzene rings is 3. The van der Waals surface area contributed by atoms with E-state index >= 15 is 0 Å². The fraction of sp³-hybridized carbons (Fsp3) is 0.0833. The second-order valence-electron chi connectivity index (χ2n) is 6.58. The second-order valence-corrected chi connectivity index (χ2v) is 7.83. The molecule has 0 radical (unpaired) electrons. The van der Waals surface area contributed by atoms with E-state index in [1.807, 2.05) is 30.3 Å². The van der Waals surface area contributed by atoms with E-state index in [0.29, 0.717) is 38.5 Å². The topological polar surface area (TPSA) is 62.1 Å². The number of hydrogen-bond acceptors (Lipinski definition) is 3. The average Bonchev–Trinajstić information content (AvgIpc) is 2.76. The molecule has 0 saturated heterocycles. The van der Waals surface area contributed by atoms with E-state index < -0.39 is 5.91 Å². The number of carbonyl (C=O) groups excluding carboxylic acids is 1. The zero-order valence-corrected chi connectivity index (χ0v) is 18.7. The summed E-state index contributed by atoms with van der Waals surface area (Å²) in [5.74, 6) is -0.00544. The molecule has 0 bridgehead atoms. The van der Waals surface area contributed by atoms with Gasteiger partial charge in [-0.3, -0.25) is 4.79 Å². The van der Waals surface area contributed by atoms with Crippen LogP contribution in [0.2, 0.25) is 15.1 Å². The first-order valence-corrected chi connectivity index (χ1v) is 10.3. The Kier molecular flexibility index (Phi) is 7.59. The highest BCUT2D eigenvalue weighted by Crippen LogP contribution is 2.33. The van der Waals surface area contributed by atoms with E-state index in [1.54, 1.807) is 36.4 Å². The number of carbonyl (C=O) groups is 1. The summed E-state index contributed by atoms with van der Waals surface area (Å²) in [5.41, 5.74) is 2.69. The minimum Gasteiger partial charge on any atom is -0.496 e. The molecule has 4 nitrogen and oxygen atoms in total. The van der Waals surface area contributed by atoms with Crippen LogP contribution in [-0.2, 0) is 11.2 Å². The maximum absolute atomic E-state index is 12.5. The Hall–Kier alpha value is -2.97. The standard InChI is InChI=1S/C24H17Cl3N2O2/c1-31-23-12-15(11-22(27)20(23)13-16-4-2-3-5-21(16)26)10-17(14-28)24(30)29-19-8-6-18(25)7-9-19/h2-12H,13H2,1H3,(H,29,30)/b17-10+. The molecule has 0 spiro atoms. The largest absolute Gasteiger partial charge is 0.496 e. The van der Waals surface area contributed by atoms with E-state index in [0.717, 1.165) is 11.1 Å². The Balaban J connectivity index is 1.89. The second kappa shape index (κ2) is 10.4. The fourth-order valence-corrected chi connectivity index (χ4v) is 3.56. The van der Waals surface area contributed by atoms with Crippen LogP contribution < -0.4 is 10.1 Å². The molecule has 0 aliphatic rings. The molecule has 0 aromatic heterocycles. The van der Waals surface area contributed by atoms with Gasteiger partial charge in [0.2, 0.25) is 0 Å². The third kappa shape index (κ3) is 5.80. The lowest BCUT2D eigenvalue weighted by atomic mass is 10.0. The van der Waals surface area contributed by atoms with Crippen LogP contribution in [0, 0.1) is 11.3 Å². The van der Waals surface area contributed by atoms with Crippen LogP contribution in [-0.4, -0.2) is 13.0 Å². The maximum atomic E-state index is 12.5. The van der Waals surface area contributed by atoms with Crippen molar-refractivity contribution in [3.8, 4) is 11.8 Å². The summed E-state index contributed by atoms with van der Waals surface area (Å²) >= 11 is 18.6. The van der Waals surface area contributed by atoms with E-state index in [4.69, 9.17) is 39.5 Å². The summed E-state index contributed by atoms with van der Waals surface area (Å²) in [5, 5.41) is 13.8. The van der Waals surface area contributed by atoms with Crippen molar-refractivity contribution in [2.24, 2.45) is 0 Å². The first-order chi connectivity index (χ1) is 14.9. The Morgan fingerprint density at radius 1 is 1.06 bits per heavy atom. The Labute approximate surface area is 195 Å². The third-order valence-corrected chi connectivity index (χ3v) is 5.46. The zero-order chi connectivity index (χ0) is 22.4. The predicted molar refractivity (Wildman–Crippen MR) is 126 cm³/mol. The summed E-state index contributed by atoms with van der Waals surface area (Å²) in [7, 11) is 1.54. The minimum atomic E-state index is -0.542. The number of nitriles is 1. The highest BCUT2D eigenvalue weighted by molar-refractivity contribution is 6.32. The minimum absolute atomic E-state index is 0.0769. The van der Waals surface area contributed by atoms with Crippen LogP contribution in [0.4, 0.5) is 5.69 Å². The van der Waals surface area contributed by atoms with Gasteiger partial charge in [0.05, 0.1) is 7.11 Å². The van der Waals surface area contributed by atoms with E-state index in [2.05, 4.69) is 5.32 Å². The number of rotatable bonds is 6. The van der Waals surface area contributed by atoms with Crippen LogP contribution >= 0.6 is 34.8 Å². The van der Waals surface area contributed by atoms with Crippen LogP contribution in [0.1, 0.15) is 16.7 Å². The molecule has 0 atom stereocenters. The van der Waals surface area contributed by atoms with Crippen molar-refractivity contribution >= 4 is 52.5 Å². The molecule has 0 unspecified atom stereocenters. The first kappa shape index (κ1) is 22.7. The normalized spacial score (nSPS) is 11.0. The summed E-state index contributed by atoms with van der Waals surface area (Å²) in [6.45, 7) is 0. The molecule has 3 aromatic carbocycles. The van der Waals surface area contributed by atoms with Gasteiger partial charge in [0, 0.05) is 32.7 Å². The van der Waals surface area contributed by atoms with Gasteiger partial charge in [-0.2, -0.15) is 5.26 Å². The molecule has 156 valence electrons. The van der Waals surface area contributed by atoms with Gasteiger partial charge in [-0.25, -0.2) is 0 Å². The molecule has 0 aliphatic heterocycles. The molecular weight excluding hydrogens is 455 g/mol. The molecule has 0 saturated carbocycles. The van der Waals surface area contributed by atoms with Crippen molar-refractivity contribution in [2.45, 2.75) is 6.42 Å². The number of anilines is 1. The summed E-state index contributed by atoms with van der Waals surface area (Å²) in [6, 6.07) is 19.4. The van der Waals surface area contributed by atoms with Crippen molar-refractivity contribution in [3.63, 3.8) is 0 Å². The van der Waals surface area contributed by atoms with Crippen molar-refractivity contribution in [1.29, 1.82) is 5.26 Å². The molecule has 0 heterocycles. The molecule has 0 aliphatic carbocycles. The van der Waals surface area contributed by atoms with Crippen LogP contribution in [0.3, 0.4) is 0 Å². The van der Waals surface area contributed by atoms with E-state index in [-0.39, 0.29) is 5.57 Å². The van der Waals surface area contributed by atoms with Gasteiger partial charge in [0.1, 0.15) is 17.4 Å². The predicted octanol–water partition coefficient (Wildman–Crippen LogP) is 6.79. The number of hydrogen-bond donors (Lipinski definition) is 1. The highest BCUT2D eigenvalue weighted by Gasteiger charge is 2.15. The molecule has 3 rings (SSSR count). The fourth-order valence-electron chi connectivity index (χ4n) is 2.95. The summed E-state index contributed by atoms with van der Waals surface area (Å²) in [4.78, 5) is 12.5. The van der Waals surface area contributed by atoms with Gasteiger partial charge < -0.3 is 10.1 Å². The molecule has 31 heavy (non-hydrogen) atoms. The molecule has 1 N–H and O–H groups in total. The van der Waals surface area contributed by atoms with Gasteiger partial charge in [-0.05, 0) is 59.7 Å². The molecular formula is C24H17Cl3N2O2. The third-order valence-electron chi connectivity index (χ3n) is 4.50. The van der Waals surface area contributed by atoms with Crippen molar-refractivity contribution in [1.82, 2.24) is 0 Å². The SMILES string of the molecule is COc1cc(/C=C(\C#N)C(=O)Nc2ccc(Cl)cc2)cc(Cl)c1Cc1ccccc1Cl. The molecule has 3 aromatic rings. The maximum Gasteiger partial charge on any atom is 0.266 e. The Morgan fingerprint density at radius 3 is 2.42 bits per heavy atom. The Bertz CT molecular complexity index is 1180. The van der Waals surface area contributed by atoms with Gasteiger partial charge >= 0.3 is 0 Å².